The third-order valence-corrected chi connectivity index (χ3v) is 5.62. The van der Waals surface area contributed by atoms with Crippen molar-refractivity contribution in [3.05, 3.63) is 29.8 Å². The van der Waals surface area contributed by atoms with Crippen molar-refractivity contribution in [2.45, 2.75) is 31.0 Å². The van der Waals surface area contributed by atoms with E-state index in [1.807, 2.05) is 24.3 Å². The highest BCUT2D eigenvalue weighted by Crippen LogP contribution is 2.34. The maximum atomic E-state index is 12.1. The summed E-state index contributed by atoms with van der Waals surface area (Å²) in [5, 5.41) is 0. The summed E-state index contributed by atoms with van der Waals surface area (Å²) in [6.07, 6.45) is -1.67. The minimum Gasteiger partial charge on any atom is -0.497 e. The summed E-state index contributed by atoms with van der Waals surface area (Å²) in [4.78, 5) is 0. The highest BCUT2D eigenvalue weighted by molar-refractivity contribution is 7.84. The van der Waals surface area contributed by atoms with E-state index in [1.165, 1.54) is 14.1 Å². The second-order valence-electron chi connectivity index (χ2n) is 6.11. The first-order valence-corrected chi connectivity index (χ1v) is 9.40. The third-order valence-electron chi connectivity index (χ3n) is 4.24. The quantitative estimate of drug-likeness (QED) is 0.764. The van der Waals surface area contributed by atoms with Crippen LogP contribution in [0, 0.1) is 0 Å². The van der Waals surface area contributed by atoms with Crippen molar-refractivity contribution in [3.8, 4) is 5.75 Å². The standard InChI is InChI=1S/C16H23NO7S/c1-17(2)25(18,19)24-13-8-9-21-14-10-22-16(23-15(13)14)11-4-6-12(20-3)7-5-11/h4-7,13-16H,8-10H2,1-3H3/t13-,14-,15+,16?/m1/s1. The first-order valence-electron chi connectivity index (χ1n) is 8.04. The van der Waals surface area contributed by atoms with Gasteiger partial charge in [-0.15, -0.1) is 0 Å². The van der Waals surface area contributed by atoms with Crippen LogP contribution in [0.4, 0.5) is 0 Å². The minimum atomic E-state index is -3.80. The lowest BCUT2D eigenvalue weighted by Crippen LogP contribution is -2.54. The van der Waals surface area contributed by atoms with Crippen LogP contribution in [0.1, 0.15) is 18.3 Å². The van der Waals surface area contributed by atoms with Crippen molar-refractivity contribution >= 4 is 10.3 Å². The van der Waals surface area contributed by atoms with Gasteiger partial charge in [-0.25, -0.2) is 0 Å². The van der Waals surface area contributed by atoms with E-state index in [0.717, 1.165) is 15.6 Å². The van der Waals surface area contributed by atoms with Crippen molar-refractivity contribution in [2.75, 3.05) is 34.4 Å². The molecule has 1 aromatic rings. The fraction of sp³-hybridized carbons (Fsp3) is 0.625. The monoisotopic (exact) mass is 373 g/mol. The van der Waals surface area contributed by atoms with Gasteiger partial charge in [-0.1, -0.05) is 12.1 Å². The summed E-state index contributed by atoms with van der Waals surface area (Å²) < 4.78 is 53.0. The van der Waals surface area contributed by atoms with Crippen LogP contribution in [0.25, 0.3) is 0 Å². The molecule has 0 aliphatic carbocycles. The predicted molar refractivity (Wildman–Crippen MR) is 88.4 cm³/mol. The van der Waals surface area contributed by atoms with Gasteiger partial charge in [0.15, 0.2) is 6.29 Å². The molecule has 3 rings (SSSR count). The molecule has 0 radical (unpaired) electrons. The van der Waals surface area contributed by atoms with E-state index in [1.54, 1.807) is 7.11 Å². The Bertz CT molecular complexity index is 676. The van der Waals surface area contributed by atoms with Gasteiger partial charge in [0.1, 0.15) is 24.1 Å². The van der Waals surface area contributed by atoms with E-state index in [4.69, 9.17) is 23.1 Å². The maximum absolute atomic E-state index is 12.1. The molecule has 140 valence electrons. The van der Waals surface area contributed by atoms with Crippen LogP contribution < -0.4 is 4.74 Å². The molecule has 0 bridgehead atoms. The number of rotatable bonds is 5. The Balaban J connectivity index is 1.74. The van der Waals surface area contributed by atoms with Gasteiger partial charge in [0.2, 0.25) is 0 Å². The molecule has 8 nitrogen and oxygen atoms in total. The molecule has 2 aliphatic heterocycles. The lowest BCUT2D eigenvalue weighted by atomic mass is 10.0. The molecule has 4 atom stereocenters. The number of hydrogen-bond donors (Lipinski definition) is 0. The molecule has 9 heteroatoms. The normalized spacial score (nSPS) is 30.1. The van der Waals surface area contributed by atoms with Gasteiger partial charge in [0.25, 0.3) is 0 Å². The molecule has 25 heavy (non-hydrogen) atoms. The van der Waals surface area contributed by atoms with Gasteiger partial charge in [-0.3, -0.25) is 4.18 Å². The van der Waals surface area contributed by atoms with Gasteiger partial charge in [0, 0.05) is 32.7 Å². The molecule has 0 amide bonds. The van der Waals surface area contributed by atoms with Crippen LogP contribution in [0.2, 0.25) is 0 Å². The molecular formula is C16H23NO7S. The van der Waals surface area contributed by atoms with E-state index < -0.39 is 28.8 Å². The van der Waals surface area contributed by atoms with Crippen molar-refractivity contribution in [3.63, 3.8) is 0 Å². The molecule has 0 aromatic heterocycles. The van der Waals surface area contributed by atoms with Crippen LogP contribution in [0.5, 0.6) is 5.75 Å². The molecule has 0 spiro atoms. The second kappa shape index (κ2) is 7.56. The highest BCUT2D eigenvalue weighted by atomic mass is 32.2. The fourth-order valence-corrected chi connectivity index (χ4v) is 3.49. The zero-order chi connectivity index (χ0) is 18.0. The Hall–Kier alpha value is -1.23. The van der Waals surface area contributed by atoms with E-state index >= 15 is 0 Å². The lowest BCUT2D eigenvalue weighted by Gasteiger charge is -2.42. The van der Waals surface area contributed by atoms with Gasteiger partial charge >= 0.3 is 10.3 Å². The number of hydrogen-bond acceptors (Lipinski definition) is 7. The van der Waals surface area contributed by atoms with E-state index in [-0.39, 0.29) is 6.10 Å². The number of methoxy groups -OCH3 is 1. The molecule has 1 aromatic carbocycles. The molecule has 0 saturated carbocycles. The minimum absolute atomic E-state index is 0.309. The summed E-state index contributed by atoms with van der Waals surface area (Å²) in [7, 11) is 0.653. The summed E-state index contributed by atoms with van der Waals surface area (Å²) in [6.45, 7) is 0.706. The number of benzene rings is 1. The number of nitrogens with zero attached hydrogens (tertiary/aromatic N) is 1. The van der Waals surface area contributed by atoms with Crippen LogP contribution in [-0.2, 0) is 28.7 Å². The Morgan fingerprint density at radius 1 is 1.16 bits per heavy atom. The second-order valence-corrected chi connectivity index (χ2v) is 7.89. The summed E-state index contributed by atoms with van der Waals surface area (Å²) in [6, 6.07) is 7.33. The third kappa shape index (κ3) is 4.13. The first kappa shape index (κ1) is 18.6. The summed E-state index contributed by atoms with van der Waals surface area (Å²) in [5.74, 6) is 0.733. The molecule has 1 unspecified atom stereocenters. The average molecular weight is 373 g/mol. The van der Waals surface area contributed by atoms with Gasteiger partial charge in [-0.05, 0) is 12.1 Å². The Morgan fingerprint density at radius 3 is 2.52 bits per heavy atom. The number of fused-ring (bicyclic) bond motifs is 1. The molecule has 0 N–H and O–H groups in total. The SMILES string of the molecule is COc1ccc(C2OC[C@H]3OCC[C@@H](OS(=O)(=O)N(C)C)[C@@H]3O2)cc1. The topological polar surface area (TPSA) is 83.5 Å². The fourth-order valence-electron chi connectivity index (χ4n) is 2.80. The van der Waals surface area contributed by atoms with Gasteiger partial charge in [0.05, 0.1) is 13.7 Å². The van der Waals surface area contributed by atoms with Crippen LogP contribution in [0.3, 0.4) is 0 Å². The van der Waals surface area contributed by atoms with Crippen molar-refractivity contribution in [1.82, 2.24) is 4.31 Å². The molecule has 2 heterocycles. The van der Waals surface area contributed by atoms with E-state index in [2.05, 4.69) is 0 Å². The van der Waals surface area contributed by atoms with E-state index in [0.29, 0.717) is 19.6 Å². The zero-order valence-corrected chi connectivity index (χ0v) is 15.3. The summed E-state index contributed by atoms with van der Waals surface area (Å²) in [5.41, 5.74) is 0.819. The Kier molecular flexibility index (Phi) is 5.62. The average Bonchev–Trinajstić information content (AvgIpc) is 2.61. The molecule has 2 aliphatic rings. The van der Waals surface area contributed by atoms with Crippen LogP contribution in [-0.4, -0.2) is 65.5 Å². The highest BCUT2D eigenvalue weighted by Gasteiger charge is 2.44. The van der Waals surface area contributed by atoms with Crippen molar-refractivity contribution in [1.29, 1.82) is 0 Å². The maximum Gasteiger partial charge on any atom is 0.338 e. The Labute approximate surface area is 147 Å². The Morgan fingerprint density at radius 2 is 1.88 bits per heavy atom. The summed E-state index contributed by atoms with van der Waals surface area (Å²) >= 11 is 0. The number of ether oxygens (including phenoxy) is 4. The van der Waals surface area contributed by atoms with E-state index in [9.17, 15) is 8.42 Å². The van der Waals surface area contributed by atoms with Crippen LogP contribution >= 0.6 is 0 Å². The predicted octanol–water partition coefficient (Wildman–Crippen LogP) is 1.09. The van der Waals surface area contributed by atoms with Gasteiger partial charge < -0.3 is 18.9 Å². The molecule has 2 saturated heterocycles. The molecular weight excluding hydrogens is 350 g/mol. The molecule has 2 fully saturated rings. The first-order chi connectivity index (χ1) is 11.9. The van der Waals surface area contributed by atoms with Crippen LogP contribution in [0.15, 0.2) is 24.3 Å². The van der Waals surface area contributed by atoms with Crippen molar-refractivity contribution in [2.24, 2.45) is 0 Å². The van der Waals surface area contributed by atoms with Crippen molar-refractivity contribution < 1.29 is 31.5 Å². The lowest BCUT2D eigenvalue weighted by molar-refractivity contribution is -0.295. The van der Waals surface area contributed by atoms with Gasteiger partial charge in [-0.2, -0.15) is 12.7 Å². The largest absolute Gasteiger partial charge is 0.497 e. The zero-order valence-electron chi connectivity index (χ0n) is 14.5. The smallest absolute Gasteiger partial charge is 0.338 e.